The lowest BCUT2D eigenvalue weighted by atomic mass is 9.92. The maximum absolute atomic E-state index is 10.9. The van der Waals surface area contributed by atoms with Gasteiger partial charge in [0.05, 0.1) is 12.6 Å². The molecule has 4 heteroatoms. The fourth-order valence-corrected chi connectivity index (χ4v) is 1.39. The third-order valence-electron chi connectivity index (χ3n) is 2.01. The second kappa shape index (κ2) is 3.69. The average Bonchev–Trinajstić information content (AvgIpc) is 2.03. The first-order valence-corrected chi connectivity index (χ1v) is 3.86. The van der Waals surface area contributed by atoms with Crippen molar-refractivity contribution >= 4 is 5.91 Å². The number of nitrogens with one attached hydrogen (secondary N) is 1. The van der Waals surface area contributed by atoms with Gasteiger partial charge in [-0.05, 0) is 18.9 Å². The van der Waals surface area contributed by atoms with E-state index in [0.717, 1.165) is 6.42 Å². The molecule has 1 aliphatic heterocycles. The van der Waals surface area contributed by atoms with Gasteiger partial charge in [0.2, 0.25) is 5.91 Å². The van der Waals surface area contributed by atoms with Gasteiger partial charge in [0.25, 0.3) is 0 Å². The van der Waals surface area contributed by atoms with Crippen molar-refractivity contribution in [2.75, 3.05) is 13.2 Å². The summed E-state index contributed by atoms with van der Waals surface area (Å²) in [6.07, 6.45) is 1.31. The van der Waals surface area contributed by atoms with Crippen LogP contribution < -0.4 is 11.1 Å². The van der Waals surface area contributed by atoms with E-state index in [1.807, 2.05) is 0 Å². The van der Waals surface area contributed by atoms with E-state index < -0.39 is 0 Å². The Morgan fingerprint density at radius 3 is 3.00 bits per heavy atom. The van der Waals surface area contributed by atoms with Crippen LogP contribution in [0.25, 0.3) is 0 Å². The summed E-state index contributed by atoms with van der Waals surface area (Å²) in [6, 6.07) is -0.0789. The third kappa shape index (κ3) is 2.17. The van der Waals surface area contributed by atoms with Crippen molar-refractivity contribution < 1.29 is 9.90 Å². The van der Waals surface area contributed by atoms with Gasteiger partial charge in [-0.3, -0.25) is 4.79 Å². The lowest BCUT2D eigenvalue weighted by molar-refractivity contribution is -0.125. The quantitative estimate of drug-likeness (QED) is 0.474. The summed E-state index contributed by atoms with van der Waals surface area (Å²) in [5.41, 5.74) is 5.42. The molecule has 1 amide bonds. The van der Waals surface area contributed by atoms with Crippen LogP contribution in [0.1, 0.15) is 12.8 Å². The molecule has 4 nitrogen and oxygen atoms in total. The molecule has 4 N–H and O–H groups in total. The zero-order valence-corrected chi connectivity index (χ0v) is 6.42. The lowest BCUT2D eigenvalue weighted by Gasteiger charge is -2.27. The van der Waals surface area contributed by atoms with Crippen LogP contribution in [0, 0.1) is 5.92 Å². The van der Waals surface area contributed by atoms with Gasteiger partial charge in [0.1, 0.15) is 0 Å². The Morgan fingerprint density at radius 2 is 2.45 bits per heavy atom. The molecule has 64 valence electrons. The summed E-state index contributed by atoms with van der Waals surface area (Å²) in [7, 11) is 0. The number of rotatable bonds is 2. The first-order chi connectivity index (χ1) is 5.26. The highest BCUT2D eigenvalue weighted by Crippen LogP contribution is 2.14. The maximum atomic E-state index is 10.9. The lowest BCUT2D eigenvalue weighted by Crippen LogP contribution is -2.45. The van der Waals surface area contributed by atoms with E-state index >= 15 is 0 Å². The number of nitrogens with two attached hydrogens (primary N) is 1. The Kier molecular flexibility index (Phi) is 2.84. The third-order valence-corrected chi connectivity index (χ3v) is 2.01. The molecule has 0 aromatic rings. The molecule has 0 aromatic carbocycles. The van der Waals surface area contributed by atoms with Crippen molar-refractivity contribution in [2.24, 2.45) is 11.7 Å². The van der Waals surface area contributed by atoms with Gasteiger partial charge in [-0.2, -0.15) is 0 Å². The summed E-state index contributed by atoms with van der Waals surface area (Å²) in [4.78, 5) is 10.9. The number of carbonyl (C=O) groups excluding carboxylic acids is 1. The van der Waals surface area contributed by atoms with Crippen LogP contribution in [0.4, 0.5) is 0 Å². The summed E-state index contributed by atoms with van der Waals surface area (Å²) >= 11 is 0. The van der Waals surface area contributed by atoms with Crippen molar-refractivity contribution in [1.82, 2.24) is 5.32 Å². The smallest absolute Gasteiger partial charge is 0.220 e. The van der Waals surface area contributed by atoms with Gasteiger partial charge in [0.15, 0.2) is 0 Å². The molecule has 0 radical (unpaired) electrons. The minimum Gasteiger partial charge on any atom is -0.394 e. The maximum Gasteiger partial charge on any atom is 0.220 e. The normalized spacial score (nSPS) is 31.6. The number of aliphatic hydroxyl groups is 1. The number of amides is 1. The highest BCUT2D eigenvalue weighted by molar-refractivity contribution is 5.77. The summed E-state index contributed by atoms with van der Waals surface area (Å²) in [6.45, 7) is 0.548. The molecule has 2 atom stereocenters. The van der Waals surface area contributed by atoms with E-state index in [1.54, 1.807) is 0 Å². The Bertz CT molecular complexity index is 135. The molecule has 1 rings (SSSR count). The van der Waals surface area contributed by atoms with Crippen LogP contribution in [0.5, 0.6) is 0 Å². The number of hydrogen-bond acceptors (Lipinski definition) is 3. The first-order valence-electron chi connectivity index (χ1n) is 3.86. The van der Waals surface area contributed by atoms with E-state index in [4.69, 9.17) is 10.8 Å². The van der Waals surface area contributed by atoms with Gasteiger partial charge < -0.3 is 16.2 Å². The number of carbonyl (C=O) groups is 1. The van der Waals surface area contributed by atoms with Gasteiger partial charge in [-0.25, -0.2) is 0 Å². The summed E-state index contributed by atoms with van der Waals surface area (Å²) in [5, 5.41) is 11.5. The molecular formula is C7H14N2O2. The first kappa shape index (κ1) is 8.49. The second-order valence-corrected chi connectivity index (χ2v) is 2.99. The molecule has 1 heterocycles. The fraction of sp³-hybridized carbons (Fsp3) is 0.857. The largest absolute Gasteiger partial charge is 0.394 e. The molecule has 0 aromatic heterocycles. The van der Waals surface area contributed by atoms with Crippen molar-refractivity contribution in [3.05, 3.63) is 0 Å². The fourth-order valence-electron chi connectivity index (χ4n) is 1.39. The molecule has 2 unspecified atom stereocenters. The number of piperidine rings is 1. The Balaban J connectivity index is 2.43. The highest BCUT2D eigenvalue weighted by atomic mass is 16.3. The van der Waals surface area contributed by atoms with Gasteiger partial charge >= 0.3 is 0 Å². The monoisotopic (exact) mass is 158 g/mol. The van der Waals surface area contributed by atoms with Crippen molar-refractivity contribution in [1.29, 1.82) is 0 Å². The van der Waals surface area contributed by atoms with Crippen LogP contribution in [0.3, 0.4) is 0 Å². The molecule has 11 heavy (non-hydrogen) atoms. The molecule has 1 saturated heterocycles. The number of hydrogen-bond donors (Lipinski definition) is 3. The van der Waals surface area contributed by atoms with Crippen molar-refractivity contribution in [3.63, 3.8) is 0 Å². The van der Waals surface area contributed by atoms with E-state index in [-0.39, 0.29) is 24.5 Å². The Labute approximate surface area is 65.8 Å². The van der Waals surface area contributed by atoms with E-state index in [0.29, 0.717) is 13.0 Å². The Morgan fingerprint density at radius 1 is 1.73 bits per heavy atom. The predicted octanol–water partition coefficient (Wildman–Crippen LogP) is -1.17. The van der Waals surface area contributed by atoms with Crippen LogP contribution in [0.15, 0.2) is 0 Å². The number of aliphatic hydroxyl groups excluding tert-OH is 1. The van der Waals surface area contributed by atoms with Crippen LogP contribution in [-0.2, 0) is 4.79 Å². The summed E-state index contributed by atoms with van der Waals surface area (Å²) in [5.74, 6) is 0.256. The van der Waals surface area contributed by atoms with E-state index in [2.05, 4.69) is 5.32 Å². The molecule has 0 aliphatic carbocycles. The zero-order valence-electron chi connectivity index (χ0n) is 6.42. The molecular weight excluding hydrogens is 144 g/mol. The minimum absolute atomic E-state index is 0.00532. The average molecular weight is 158 g/mol. The van der Waals surface area contributed by atoms with Crippen LogP contribution >= 0.6 is 0 Å². The molecule has 0 saturated carbocycles. The topological polar surface area (TPSA) is 75.4 Å². The van der Waals surface area contributed by atoms with Crippen LogP contribution in [-0.4, -0.2) is 30.2 Å². The van der Waals surface area contributed by atoms with Crippen molar-refractivity contribution in [2.45, 2.75) is 18.9 Å². The SMILES string of the molecule is NCC1CC(=O)NC(CO)C1. The van der Waals surface area contributed by atoms with Crippen LogP contribution in [0.2, 0.25) is 0 Å². The molecule has 0 spiro atoms. The van der Waals surface area contributed by atoms with Gasteiger partial charge in [0, 0.05) is 6.42 Å². The van der Waals surface area contributed by atoms with Gasteiger partial charge in [-0.15, -0.1) is 0 Å². The predicted molar refractivity (Wildman–Crippen MR) is 40.8 cm³/mol. The minimum atomic E-state index is -0.0789. The standard InChI is InChI=1S/C7H14N2O2/c8-3-5-1-6(4-10)9-7(11)2-5/h5-6,10H,1-4,8H2,(H,9,11). The van der Waals surface area contributed by atoms with E-state index in [1.165, 1.54) is 0 Å². The zero-order chi connectivity index (χ0) is 8.27. The highest BCUT2D eigenvalue weighted by Gasteiger charge is 2.24. The Hall–Kier alpha value is -0.610. The molecule has 1 fully saturated rings. The second-order valence-electron chi connectivity index (χ2n) is 2.99. The van der Waals surface area contributed by atoms with E-state index in [9.17, 15) is 4.79 Å². The molecule has 1 aliphatic rings. The van der Waals surface area contributed by atoms with Gasteiger partial charge in [-0.1, -0.05) is 0 Å². The summed E-state index contributed by atoms with van der Waals surface area (Å²) < 4.78 is 0. The van der Waals surface area contributed by atoms with Crippen molar-refractivity contribution in [3.8, 4) is 0 Å². The molecule has 0 bridgehead atoms.